The fraction of sp³-hybridized carbons (Fsp3) is 0.600. The molecular formula is C20H30N2O3Si. The zero-order chi connectivity index (χ0) is 19.1. The molecule has 26 heavy (non-hydrogen) atoms. The maximum absolute atomic E-state index is 12.5. The minimum Gasteiger partial charge on any atom is -0.543 e. The summed E-state index contributed by atoms with van der Waals surface area (Å²) in [6.07, 6.45) is 5.10. The van der Waals surface area contributed by atoms with Gasteiger partial charge >= 0.3 is 0 Å². The third-order valence-corrected chi connectivity index (χ3v) is 9.99. The van der Waals surface area contributed by atoms with Gasteiger partial charge in [0.2, 0.25) is 0 Å². The molecule has 2 aromatic rings. The summed E-state index contributed by atoms with van der Waals surface area (Å²) >= 11 is 0. The zero-order valence-electron chi connectivity index (χ0n) is 16.8. The fourth-order valence-corrected chi connectivity index (χ4v) is 4.07. The molecule has 1 unspecified atom stereocenters. The number of aromatic nitrogens is 2. The van der Waals surface area contributed by atoms with Crippen LogP contribution in [0, 0.1) is 0 Å². The lowest BCUT2D eigenvalue weighted by Gasteiger charge is -2.37. The summed E-state index contributed by atoms with van der Waals surface area (Å²) in [5, 5.41) is 5.58. The Morgan fingerprint density at radius 2 is 2.04 bits per heavy atom. The van der Waals surface area contributed by atoms with E-state index in [1.807, 2.05) is 23.0 Å². The maximum Gasteiger partial charge on any atom is 0.250 e. The van der Waals surface area contributed by atoms with Crippen LogP contribution in [-0.2, 0) is 4.74 Å². The Morgan fingerprint density at radius 3 is 2.62 bits per heavy atom. The molecule has 0 saturated carbocycles. The minimum absolute atomic E-state index is 0.00780. The lowest BCUT2D eigenvalue weighted by molar-refractivity contribution is -0.0390. The number of carbonyl (C=O) groups excluding carboxylic acids is 1. The van der Waals surface area contributed by atoms with Gasteiger partial charge in [-0.1, -0.05) is 20.8 Å². The van der Waals surface area contributed by atoms with Gasteiger partial charge in [0.25, 0.3) is 8.32 Å². The van der Waals surface area contributed by atoms with Crippen molar-refractivity contribution in [2.24, 2.45) is 0 Å². The van der Waals surface area contributed by atoms with Crippen molar-refractivity contribution < 1.29 is 14.0 Å². The van der Waals surface area contributed by atoms with Gasteiger partial charge in [0.15, 0.2) is 5.78 Å². The highest BCUT2D eigenvalue weighted by molar-refractivity contribution is 6.74. The molecule has 1 aliphatic rings. The summed E-state index contributed by atoms with van der Waals surface area (Å²) in [4.78, 5) is 12.5. The first-order valence-corrected chi connectivity index (χ1v) is 12.3. The van der Waals surface area contributed by atoms with Crippen LogP contribution in [0.1, 0.15) is 63.5 Å². The van der Waals surface area contributed by atoms with E-state index in [9.17, 15) is 4.79 Å². The summed E-state index contributed by atoms with van der Waals surface area (Å²) < 4.78 is 14.2. The van der Waals surface area contributed by atoms with Crippen molar-refractivity contribution in [1.29, 1.82) is 0 Å². The van der Waals surface area contributed by atoms with Crippen molar-refractivity contribution >= 4 is 25.0 Å². The molecule has 142 valence electrons. The Morgan fingerprint density at radius 1 is 1.31 bits per heavy atom. The Labute approximate surface area is 156 Å². The lowest BCUT2D eigenvalue weighted by Crippen LogP contribution is -2.44. The molecule has 1 fully saturated rings. The van der Waals surface area contributed by atoms with Crippen LogP contribution in [0.25, 0.3) is 10.9 Å². The molecule has 2 heterocycles. The van der Waals surface area contributed by atoms with E-state index in [0.717, 1.165) is 36.8 Å². The quantitative estimate of drug-likeness (QED) is 0.537. The number of hydrogen-bond acceptors (Lipinski definition) is 4. The second kappa shape index (κ2) is 6.81. The molecule has 1 aromatic carbocycles. The third-order valence-electron chi connectivity index (χ3n) is 5.64. The standard InChI is InChI=1S/C20H30N2O3Si/c1-14(23)19-15-13-22(18-9-7-8-12-24-18)21-16(15)10-11-17(19)25-26(5,6)20(2,3)4/h10-11,13,18H,7-9,12H2,1-6H3. The van der Waals surface area contributed by atoms with Crippen LogP contribution in [0.15, 0.2) is 18.3 Å². The van der Waals surface area contributed by atoms with Crippen molar-refractivity contribution in [3.8, 4) is 5.75 Å². The molecule has 0 amide bonds. The smallest absolute Gasteiger partial charge is 0.250 e. The fourth-order valence-electron chi connectivity index (χ4n) is 3.05. The predicted molar refractivity (Wildman–Crippen MR) is 106 cm³/mol. The van der Waals surface area contributed by atoms with Crippen molar-refractivity contribution in [2.75, 3.05) is 6.61 Å². The normalized spacial score (nSPS) is 18.9. The Hall–Kier alpha value is -1.66. The van der Waals surface area contributed by atoms with Gasteiger partial charge in [-0.3, -0.25) is 4.79 Å². The first-order valence-electron chi connectivity index (χ1n) is 9.43. The van der Waals surface area contributed by atoms with E-state index in [4.69, 9.17) is 9.16 Å². The summed E-state index contributed by atoms with van der Waals surface area (Å²) in [7, 11) is -2.04. The lowest BCUT2D eigenvalue weighted by atomic mass is 10.1. The second-order valence-electron chi connectivity index (χ2n) is 8.72. The summed E-state index contributed by atoms with van der Waals surface area (Å²) in [6, 6.07) is 3.85. The number of benzene rings is 1. The van der Waals surface area contributed by atoms with Crippen molar-refractivity contribution in [3.63, 3.8) is 0 Å². The van der Waals surface area contributed by atoms with Gasteiger partial charge in [0.1, 0.15) is 12.0 Å². The average molecular weight is 375 g/mol. The van der Waals surface area contributed by atoms with Gasteiger partial charge in [-0.15, -0.1) is 0 Å². The van der Waals surface area contributed by atoms with E-state index in [-0.39, 0.29) is 17.0 Å². The van der Waals surface area contributed by atoms with Gasteiger partial charge < -0.3 is 9.16 Å². The monoisotopic (exact) mass is 374 g/mol. The van der Waals surface area contributed by atoms with Crippen molar-refractivity contribution in [2.45, 2.75) is 71.3 Å². The Balaban J connectivity index is 2.05. The molecule has 1 aromatic heterocycles. The third kappa shape index (κ3) is 3.57. The molecule has 5 nitrogen and oxygen atoms in total. The van der Waals surface area contributed by atoms with Gasteiger partial charge in [0, 0.05) is 18.2 Å². The number of ether oxygens (including phenoxy) is 1. The average Bonchev–Trinajstić information content (AvgIpc) is 2.97. The van der Waals surface area contributed by atoms with Crippen LogP contribution in [0.2, 0.25) is 18.1 Å². The van der Waals surface area contributed by atoms with Crippen LogP contribution in [0.3, 0.4) is 0 Å². The first-order chi connectivity index (χ1) is 12.1. The number of rotatable bonds is 4. The number of hydrogen-bond donors (Lipinski definition) is 0. The predicted octanol–water partition coefficient (Wildman–Crippen LogP) is 5.32. The van der Waals surface area contributed by atoms with Crippen LogP contribution in [0.4, 0.5) is 0 Å². The van der Waals surface area contributed by atoms with Gasteiger partial charge in [0.05, 0.1) is 11.1 Å². The molecule has 6 heteroatoms. The summed E-state index contributed by atoms with van der Waals surface area (Å²) in [6.45, 7) is 13.3. The molecule has 0 spiro atoms. The second-order valence-corrected chi connectivity index (χ2v) is 13.4. The molecular weight excluding hydrogens is 344 g/mol. The van der Waals surface area contributed by atoms with E-state index in [1.54, 1.807) is 6.92 Å². The van der Waals surface area contributed by atoms with Crippen molar-refractivity contribution in [1.82, 2.24) is 9.78 Å². The number of nitrogens with zero attached hydrogens (tertiary/aromatic N) is 2. The SMILES string of the molecule is CC(=O)c1c(O[Si](C)(C)C(C)(C)C)ccc2nn(C3CCCCO3)cc12. The molecule has 0 bridgehead atoms. The summed E-state index contributed by atoms with van der Waals surface area (Å²) in [5.74, 6) is 0.689. The number of Topliss-reactive ketones (excluding diaryl/α,β-unsaturated/α-hetero) is 1. The van der Waals surface area contributed by atoms with Crippen molar-refractivity contribution in [3.05, 3.63) is 23.9 Å². The highest BCUT2D eigenvalue weighted by Gasteiger charge is 2.39. The molecule has 1 atom stereocenters. The minimum atomic E-state index is -2.04. The van der Waals surface area contributed by atoms with Gasteiger partial charge in [-0.2, -0.15) is 5.10 Å². The molecule has 3 rings (SSSR count). The highest BCUT2D eigenvalue weighted by atomic mass is 28.4. The van der Waals surface area contributed by atoms with E-state index in [0.29, 0.717) is 11.3 Å². The summed E-state index contributed by atoms with van der Waals surface area (Å²) in [5.41, 5.74) is 1.45. The van der Waals surface area contributed by atoms with Crippen LogP contribution < -0.4 is 4.43 Å². The van der Waals surface area contributed by atoms with E-state index >= 15 is 0 Å². The highest BCUT2D eigenvalue weighted by Crippen LogP contribution is 2.39. The molecule has 1 saturated heterocycles. The molecule has 1 aliphatic heterocycles. The van der Waals surface area contributed by atoms with E-state index in [2.05, 4.69) is 39.0 Å². The van der Waals surface area contributed by atoms with Crippen LogP contribution >= 0.6 is 0 Å². The van der Waals surface area contributed by atoms with Crippen LogP contribution in [0.5, 0.6) is 5.75 Å². The van der Waals surface area contributed by atoms with Gasteiger partial charge in [-0.25, -0.2) is 4.68 Å². The van der Waals surface area contributed by atoms with Gasteiger partial charge in [-0.05, 0) is 56.5 Å². The number of carbonyl (C=O) groups is 1. The number of fused-ring (bicyclic) bond motifs is 1. The molecule has 0 N–H and O–H groups in total. The topological polar surface area (TPSA) is 53.3 Å². The maximum atomic E-state index is 12.5. The zero-order valence-corrected chi connectivity index (χ0v) is 17.8. The van der Waals surface area contributed by atoms with E-state index in [1.165, 1.54) is 0 Å². The number of ketones is 1. The molecule has 0 radical (unpaired) electrons. The molecule has 0 aliphatic carbocycles. The van der Waals surface area contributed by atoms with Crippen LogP contribution in [-0.4, -0.2) is 30.5 Å². The Kier molecular flexibility index (Phi) is 5.01. The largest absolute Gasteiger partial charge is 0.543 e. The van der Waals surface area contributed by atoms with E-state index < -0.39 is 8.32 Å². The Bertz CT molecular complexity index is 814. The first kappa shape index (κ1) is 19.1.